The monoisotopic (exact) mass is 142 g/mol. The zero-order chi connectivity index (χ0) is 6.57. The maximum atomic E-state index is 9.95. The van der Waals surface area contributed by atoms with Crippen LogP contribution in [0.25, 0.3) is 0 Å². The summed E-state index contributed by atoms with van der Waals surface area (Å²) >= 11 is 0. The smallest absolute Gasteiger partial charge is 1.00 e. The molecule has 0 aliphatic rings. The summed E-state index contributed by atoms with van der Waals surface area (Å²) in [5.41, 5.74) is 2.19. The van der Waals surface area contributed by atoms with Gasteiger partial charge in [-0.1, -0.05) is 4.91 Å². The summed E-state index contributed by atoms with van der Waals surface area (Å²) in [7, 11) is 0. The number of hydrogen-bond acceptors (Lipinski definition) is 2. The zero-order valence-electron chi connectivity index (χ0n) is 6.79. The minimum absolute atomic E-state index is 0. The van der Waals surface area contributed by atoms with Crippen molar-refractivity contribution in [1.29, 1.82) is 0 Å². The largest absolute Gasteiger partial charge is 1.00 e. The number of hydrogen-bond donors (Lipinski definition) is 1. The summed E-state index contributed by atoms with van der Waals surface area (Å²) in [5.74, 6) is 0. The molecule has 0 aromatic heterocycles. The maximum Gasteiger partial charge on any atom is 1.00 e. The molecule has 9 heavy (non-hydrogen) atoms. The van der Waals surface area contributed by atoms with Crippen molar-refractivity contribution in [2.24, 2.45) is 5.29 Å². The van der Waals surface area contributed by atoms with Crippen LogP contribution in [0.3, 0.4) is 0 Å². The molecule has 1 N–H and O–H groups in total. The van der Waals surface area contributed by atoms with Crippen LogP contribution in [0.4, 0.5) is 0 Å². The van der Waals surface area contributed by atoms with Gasteiger partial charge in [-0.3, -0.25) is 0 Å². The molecule has 0 rings (SSSR count). The molecule has 0 saturated heterocycles. The average Bonchev–Trinajstić information content (AvgIpc) is 1.65. The van der Waals surface area contributed by atoms with Crippen LogP contribution in [0, 0.1) is 9.81 Å². The van der Waals surface area contributed by atoms with Gasteiger partial charge >= 0.3 is 39.8 Å². The minimum atomic E-state index is -0.106. The van der Waals surface area contributed by atoms with E-state index in [1.807, 2.05) is 5.29 Å². The van der Waals surface area contributed by atoms with Crippen molar-refractivity contribution >= 4 is 0 Å². The first-order valence-electron chi connectivity index (χ1n) is 2.23. The predicted octanol–water partition coefficient (Wildman–Crippen LogP) is -2.52. The summed E-state index contributed by atoms with van der Waals surface area (Å²) in [5, 5.41) is 2.05. The predicted molar refractivity (Wildman–Crippen MR) is 28.8 cm³/mol. The quantitative estimate of drug-likeness (QED) is 0.205. The minimum Gasteiger partial charge on any atom is -1.00 e. The Balaban J connectivity index is -0.000000245. The van der Waals surface area contributed by atoms with Crippen LogP contribution < -0.4 is 35.0 Å². The first-order chi connectivity index (χ1) is 3.66. The molecule has 0 radical (unpaired) electrons. The fourth-order valence-electron chi connectivity index (χ4n) is 0.244. The number of nitrogens with one attached hydrogen (secondary N) is 1. The molecule has 6 heteroatoms. The van der Waals surface area contributed by atoms with E-state index in [4.69, 9.17) is 0 Å². The molecule has 0 unspecified atom stereocenters. The van der Waals surface area contributed by atoms with E-state index in [9.17, 15) is 9.81 Å². The third-order valence-corrected chi connectivity index (χ3v) is 0.443. The van der Waals surface area contributed by atoms with Crippen molar-refractivity contribution < 1.29 is 36.0 Å². The van der Waals surface area contributed by atoms with Gasteiger partial charge in [-0.2, -0.15) is 0 Å². The molecule has 0 spiro atoms. The van der Waals surface area contributed by atoms with Crippen molar-refractivity contribution in [2.75, 3.05) is 0 Å². The molecule has 0 fully saturated rings. The second-order valence-electron chi connectivity index (χ2n) is 1.64. The Kier molecular flexibility index (Phi) is 8.00. The fraction of sp³-hybridized carbons (Fsp3) is 1.00. The van der Waals surface area contributed by atoms with Gasteiger partial charge < -0.3 is 1.43 Å². The van der Waals surface area contributed by atoms with E-state index in [0.29, 0.717) is 0 Å². The van der Waals surface area contributed by atoms with E-state index in [-0.39, 0.29) is 42.0 Å². The molecule has 0 bridgehead atoms. The van der Waals surface area contributed by atoms with Gasteiger partial charge in [0, 0.05) is 0 Å². The van der Waals surface area contributed by atoms with Crippen LogP contribution >= 0.6 is 0 Å². The van der Waals surface area contributed by atoms with Crippen LogP contribution in [-0.4, -0.2) is 11.0 Å². The van der Waals surface area contributed by atoms with Crippen LogP contribution in [-0.2, 0) is 0 Å². The zero-order valence-corrected chi connectivity index (χ0v) is 7.79. The van der Waals surface area contributed by atoms with Gasteiger partial charge in [0.2, 0.25) is 0 Å². The molecule has 0 heterocycles. The summed E-state index contributed by atoms with van der Waals surface area (Å²) in [6.07, 6.45) is 0. The SMILES string of the molecule is CC(C)N[N+](=O)N=O.[H-].[Na+]. The topological polar surface area (TPSA) is 61.5 Å². The Morgan fingerprint density at radius 2 is 2.11 bits per heavy atom. The standard InChI is InChI=1S/C3H8N3O2.Na.H/c1-3(2)4-6(8)5-7;;/h3H,1-2H3,(H,4,8);;/q2*+1;-1. The number of nitrogens with zero attached hydrogens (tertiary/aromatic N) is 2. The molecule has 0 aromatic rings. The van der Waals surface area contributed by atoms with E-state index in [0.717, 1.165) is 0 Å². The number of rotatable bonds is 3. The molecule has 0 aromatic carbocycles. The molecule has 0 aliphatic heterocycles. The van der Waals surface area contributed by atoms with Crippen LogP contribution in [0.5, 0.6) is 0 Å². The summed E-state index contributed by atoms with van der Waals surface area (Å²) < 4.78 is 0. The van der Waals surface area contributed by atoms with E-state index in [1.165, 1.54) is 0 Å². The van der Waals surface area contributed by atoms with E-state index in [2.05, 4.69) is 5.43 Å². The van der Waals surface area contributed by atoms with Gasteiger partial charge in [-0.05, 0) is 13.8 Å². The Morgan fingerprint density at radius 3 is 2.22 bits per heavy atom. The van der Waals surface area contributed by atoms with Crippen molar-refractivity contribution in [3.05, 3.63) is 9.81 Å². The normalized spacial score (nSPS) is 7.89. The molecule has 0 aliphatic carbocycles. The van der Waals surface area contributed by atoms with Gasteiger partial charge in [0.15, 0.2) is 0 Å². The van der Waals surface area contributed by atoms with Gasteiger partial charge in [0.05, 0.1) is 10.9 Å². The molecular weight excluding hydrogens is 133 g/mol. The molecule has 0 saturated carbocycles. The van der Waals surface area contributed by atoms with Crippen LogP contribution in [0.2, 0.25) is 0 Å². The Hall–Kier alpha value is 0. The maximum absolute atomic E-state index is 9.95. The Morgan fingerprint density at radius 1 is 1.67 bits per heavy atom. The van der Waals surface area contributed by atoms with Crippen LogP contribution in [0.15, 0.2) is 5.29 Å². The van der Waals surface area contributed by atoms with Gasteiger partial charge in [0.25, 0.3) is 0 Å². The van der Waals surface area contributed by atoms with E-state index < -0.39 is 0 Å². The third-order valence-electron chi connectivity index (χ3n) is 0.443. The molecule has 48 valence electrons. The van der Waals surface area contributed by atoms with Crippen molar-refractivity contribution in [1.82, 2.24) is 5.43 Å². The molecule has 5 nitrogen and oxygen atoms in total. The number of hydrazine groups is 1. The number of nitroso groups, excluding NO2 is 2. The first kappa shape index (κ1) is 11.8. The van der Waals surface area contributed by atoms with E-state index in [1.54, 1.807) is 13.8 Å². The summed E-state index contributed by atoms with van der Waals surface area (Å²) in [6, 6.07) is -0.0507. The molecule has 0 amide bonds. The van der Waals surface area contributed by atoms with Gasteiger partial charge in [0.1, 0.15) is 0 Å². The van der Waals surface area contributed by atoms with Gasteiger partial charge in [-0.25, -0.2) is 0 Å². The summed E-state index contributed by atoms with van der Waals surface area (Å²) in [4.78, 5) is 19.2. The van der Waals surface area contributed by atoms with Crippen molar-refractivity contribution in [2.45, 2.75) is 19.9 Å². The van der Waals surface area contributed by atoms with Crippen LogP contribution in [0.1, 0.15) is 15.3 Å². The second kappa shape index (κ2) is 6.12. The van der Waals surface area contributed by atoms with Crippen molar-refractivity contribution in [3.63, 3.8) is 0 Å². The third kappa shape index (κ3) is 8.00. The fourth-order valence-corrected chi connectivity index (χ4v) is 0.244. The van der Waals surface area contributed by atoms with Crippen molar-refractivity contribution in [3.8, 4) is 0 Å². The second-order valence-corrected chi connectivity index (χ2v) is 1.64. The molecule has 0 atom stereocenters. The average molecular weight is 142 g/mol. The Labute approximate surface area is 76.5 Å². The van der Waals surface area contributed by atoms with E-state index >= 15 is 0 Å². The Bertz CT molecular complexity index is 110. The van der Waals surface area contributed by atoms with Gasteiger partial charge in [-0.15, -0.1) is 5.43 Å². The first-order valence-corrected chi connectivity index (χ1v) is 2.23. The summed E-state index contributed by atoms with van der Waals surface area (Å²) in [6.45, 7) is 3.46. The molecular formula is C3H9N3NaO2+.